The highest BCUT2D eigenvalue weighted by atomic mass is 32.1. The quantitative estimate of drug-likeness (QED) is 0.746. The van der Waals surface area contributed by atoms with Gasteiger partial charge in [0.25, 0.3) is 0 Å². The van der Waals surface area contributed by atoms with Crippen LogP contribution in [0.1, 0.15) is 5.01 Å². The van der Waals surface area contributed by atoms with Crippen LogP contribution in [-0.2, 0) is 4.79 Å². The second kappa shape index (κ2) is 7.67. The van der Waals surface area contributed by atoms with Crippen molar-refractivity contribution in [3.63, 3.8) is 0 Å². The van der Waals surface area contributed by atoms with Gasteiger partial charge in [0.05, 0.1) is 22.1 Å². The summed E-state index contributed by atoms with van der Waals surface area (Å²) < 4.78 is 0. The molecule has 1 aliphatic rings. The molecule has 4 rings (SSSR count). The standard InChI is InChI=1S/C19H22N6OS/c1-13-20-11-17(27-13)16-7-14-8-18(22-10-15(14)9-21-16)23-19(26)12-25-5-3-24(2)4-6-25/h7-11H,3-6,12H2,1-2H3,(H,22,23,26). The summed E-state index contributed by atoms with van der Waals surface area (Å²) in [6, 6.07) is 3.91. The van der Waals surface area contributed by atoms with Crippen molar-refractivity contribution in [2.45, 2.75) is 6.92 Å². The smallest absolute Gasteiger partial charge is 0.239 e. The van der Waals surface area contributed by atoms with Crippen LogP contribution in [0.25, 0.3) is 21.3 Å². The number of anilines is 1. The van der Waals surface area contributed by atoms with Crippen LogP contribution in [-0.4, -0.2) is 70.4 Å². The van der Waals surface area contributed by atoms with Gasteiger partial charge in [-0.05, 0) is 31.5 Å². The number of hydrogen-bond donors (Lipinski definition) is 1. The van der Waals surface area contributed by atoms with E-state index in [4.69, 9.17) is 0 Å². The van der Waals surface area contributed by atoms with Crippen LogP contribution < -0.4 is 5.32 Å². The first-order valence-corrected chi connectivity index (χ1v) is 9.78. The summed E-state index contributed by atoms with van der Waals surface area (Å²) in [5, 5.41) is 5.87. The molecule has 1 N–H and O–H groups in total. The summed E-state index contributed by atoms with van der Waals surface area (Å²) >= 11 is 1.62. The lowest BCUT2D eigenvalue weighted by Gasteiger charge is -2.31. The Balaban J connectivity index is 1.48. The molecule has 1 saturated heterocycles. The van der Waals surface area contributed by atoms with Crippen molar-refractivity contribution in [1.29, 1.82) is 0 Å². The number of nitrogens with one attached hydrogen (secondary N) is 1. The van der Waals surface area contributed by atoms with E-state index in [0.29, 0.717) is 12.4 Å². The maximum Gasteiger partial charge on any atom is 0.239 e. The molecule has 27 heavy (non-hydrogen) atoms. The van der Waals surface area contributed by atoms with E-state index in [0.717, 1.165) is 52.5 Å². The van der Waals surface area contributed by atoms with E-state index in [-0.39, 0.29) is 5.91 Å². The maximum atomic E-state index is 12.4. The monoisotopic (exact) mass is 382 g/mol. The Morgan fingerprint density at radius 2 is 1.85 bits per heavy atom. The Labute approximate surface area is 162 Å². The topological polar surface area (TPSA) is 74.2 Å². The predicted molar refractivity (Wildman–Crippen MR) is 108 cm³/mol. The fraction of sp³-hybridized carbons (Fsp3) is 0.368. The maximum absolute atomic E-state index is 12.4. The van der Waals surface area contributed by atoms with Gasteiger partial charge in [-0.25, -0.2) is 9.97 Å². The number of pyridine rings is 2. The van der Waals surface area contributed by atoms with Crippen LogP contribution in [0.5, 0.6) is 0 Å². The molecule has 1 amide bonds. The fourth-order valence-electron chi connectivity index (χ4n) is 3.11. The summed E-state index contributed by atoms with van der Waals surface area (Å²) in [5.41, 5.74) is 0.883. The molecule has 1 fully saturated rings. The van der Waals surface area contributed by atoms with Crippen LogP contribution >= 0.6 is 11.3 Å². The first-order chi connectivity index (χ1) is 13.1. The van der Waals surface area contributed by atoms with E-state index in [1.54, 1.807) is 17.5 Å². The molecule has 3 aromatic heterocycles. The largest absolute Gasteiger partial charge is 0.310 e. The van der Waals surface area contributed by atoms with E-state index < -0.39 is 0 Å². The Hall–Kier alpha value is -2.42. The number of thiazole rings is 1. The second-order valence-corrected chi connectivity index (χ2v) is 8.09. The molecule has 0 aromatic carbocycles. The molecule has 8 heteroatoms. The third-order valence-corrected chi connectivity index (χ3v) is 5.64. The van der Waals surface area contributed by atoms with Gasteiger partial charge in [0, 0.05) is 50.2 Å². The Morgan fingerprint density at radius 3 is 2.59 bits per heavy atom. The van der Waals surface area contributed by atoms with Crippen LogP contribution in [0.3, 0.4) is 0 Å². The third kappa shape index (κ3) is 4.29. The molecule has 4 heterocycles. The zero-order chi connectivity index (χ0) is 18.8. The molecule has 0 spiro atoms. The average molecular weight is 382 g/mol. The average Bonchev–Trinajstić information content (AvgIpc) is 3.09. The number of amides is 1. The summed E-state index contributed by atoms with van der Waals surface area (Å²) in [6.45, 7) is 6.20. The van der Waals surface area contributed by atoms with E-state index in [2.05, 4.69) is 37.1 Å². The van der Waals surface area contributed by atoms with Gasteiger partial charge in [0.2, 0.25) is 5.91 Å². The highest BCUT2D eigenvalue weighted by Crippen LogP contribution is 2.27. The first-order valence-electron chi connectivity index (χ1n) is 8.96. The van der Waals surface area contributed by atoms with Gasteiger partial charge in [-0.1, -0.05) is 0 Å². The molecular weight excluding hydrogens is 360 g/mol. The molecule has 0 unspecified atom stereocenters. The Bertz CT molecular complexity index is 964. The minimum absolute atomic E-state index is 0.0289. The van der Waals surface area contributed by atoms with Crippen LogP contribution in [0.2, 0.25) is 0 Å². The third-order valence-electron chi connectivity index (χ3n) is 4.71. The van der Waals surface area contributed by atoms with Gasteiger partial charge < -0.3 is 10.2 Å². The number of rotatable bonds is 4. The van der Waals surface area contributed by atoms with Gasteiger partial charge in [-0.3, -0.25) is 14.7 Å². The van der Waals surface area contributed by atoms with Crippen molar-refractivity contribution in [3.05, 3.63) is 35.7 Å². The van der Waals surface area contributed by atoms with Gasteiger partial charge in [-0.15, -0.1) is 11.3 Å². The normalized spacial score (nSPS) is 15.9. The van der Waals surface area contributed by atoms with Crippen molar-refractivity contribution in [3.8, 4) is 10.6 Å². The number of likely N-dealkylation sites (N-methyl/N-ethyl adjacent to an activating group) is 1. The van der Waals surface area contributed by atoms with E-state index in [1.807, 2.05) is 31.5 Å². The van der Waals surface area contributed by atoms with Crippen LogP contribution in [0.4, 0.5) is 5.82 Å². The molecule has 0 radical (unpaired) electrons. The predicted octanol–water partition coefficient (Wildman–Crippen LogP) is 2.25. The molecule has 140 valence electrons. The van der Waals surface area contributed by atoms with Crippen molar-refractivity contribution in [2.24, 2.45) is 0 Å². The van der Waals surface area contributed by atoms with Crippen molar-refractivity contribution >= 4 is 33.8 Å². The van der Waals surface area contributed by atoms with E-state index >= 15 is 0 Å². The number of aromatic nitrogens is 3. The molecule has 0 bridgehead atoms. The Morgan fingerprint density at radius 1 is 1.07 bits per heavy atom. The lowest BCUT2D eigenvalue weighted by atomic mass is 10.2. The molecule has 0 aliphatic carbocycles. The van der Waals surface area contributed by atoms with E-state index in [9.17, 15) is 4.79 Å². The van der Waals surface area contributed by atoms with Crippen molar-refractivity contribution in [2.75, 3.05) is 45.1 Å². The van der Waals surface area contributed by atoms with Gasteiger partial charge in [0.15, 0.2) is 0 Å². The lowest BCUT2D eigenvalue weighted by molar-refractivity contribution is -0.117. The highest BCUT2D eigenvalue weighted by molar-refractivity contribution is 7.15. The zero-order valence-electron chi connectivity index (χ0n) is 15.5. The fourth-order valence-corrected chi connectivity index (χ4v) is 3.86. The van der Waals surface area contributed by atoms with Gasteiger partial charge >= 0.3 is 0 Å². The molecule has 0 saturated carbocycles. The number of carbonyl (C=O) groups excluding carboxylic acids is 1. The Kier molecular flexibility index (Phi) is 5.11. The number of carbonyl (C=O) groups is 1. The number of fused-ring (bicyclic) bond motifs is 1. The number of aryl methyl sites for hydroxylation is 1. The van der Waals surface area contributed by atoms with Crippen LogP contribution in [0, 0.1) is 6.92 Å². The summed E-state index contributed by atoms with van der Waals surface area (Å²) in [4.78, 5) is 31.0. The summed E-state index contributed by atoms with van der Waals surface area (Å²) in [6.07, 6.45) is 5.39. The van der Waals surface area contributed by atoms with Crippen molar-refractivity contribution in [1.82, 2.24) is 24.8 Å². The second-order valence-electron chi connectivity index (χ2n) is 6.86. The molecule has 3 aromatic rings. The molecule has 0 atom stereocenters. The lowest BCUT2D eigenvalue weighted by Crippen LogP contribution is -2.47. The summed E-state index contributed by atoms with van der Waals surface area (Å²) in [7, 11) is 2.10. The zero-order valence-corrected chi connectivity index (χ0v) is 16.3. The van der Waals surface area contributed by atoms with E-state index in [1.165, 1.54) is 0 Å². The number of piperazine rings is 1. The minimum Gasteiger partial charge on any atom is -0.310 e. The molecule has 1 aliphatic heterocycles. The van der Waals surface area contributed by atoms with Gasteiger partial charge in [-0.2, -0.15) is 0 Å². The van der Waals surface area contributed by atoms with Gasteiger partial charge in [0.1, 0.15) is 5.82 Å². The SMILES string of the molecule is Cc1ncc(-c2cc3cc(NC(=O)CN4CCN(C)CC4)ncc3cn2)s1. The van der Waals surface area contributed by atoms with Crippen molar-refractivity contribution < 1.29 is 4.79 Å². The number of nitrogens with zero attached hydrogens (tertiary/aromatic N) is 5. The van der Waals surface area contributed by atoms with Crippen LogP contribution in [0.15, 0.2) is 30.7 Å². The first kappa shape index (κ1) is 18.0. The minimum atomic E-state index is -0.0289. The number of hydrogen-bond acceptors (Lipinski definition) is 7. The summed E-state index contributed by atoms with van der Waals surface area (Å²) in [5.74, 6) is 0.540. The molecular formula is C19H22N6OS. The molecule has 7 nitrogen and oxygen atoms in total. The highest BCUT2D eigenvalue weighted by Gasteiger charge is 2.17.